The van der Waals surface area contributed by atoms with E-state index in [9.17, 15) is 0 Å². The Labute approximate surface area is 122 Å². The Morgan fingerprint density at radius 3 is 3.00 bits per heavy atom. The van der Waals surface area contributed by atoms with Crippen molar-refractivity contribution in [1.82, 2.24) is 5.32 Å². The molecule has 1 aromatic heterocycles. The molecule has 2 aromatic rings. The summed E-state index contributed by atoms with van der Waals surface area (Å²) in [6.45, 7) is 4.41. The Morgan fingerprint density at radius 1 is 1.32 bits per heavy atom. The zero-order valence-corrected chi connectivity index (χ0v) is 12.6. The van der Waals surface area contributed by atoms with Crippen LogP contribution < -0.4 is 10.1 Å². The molecule has 102 valence electrons. The van der Waals surface area contributed by atoms with Gasteiger partial charge in [-0.2, -0.15) is 0 Å². The van der Waals surface area contributed by atoms with E-state index in [1.54, 1.807) is 6.26 Å². The molecule has 3 nitrogen and oxygen atoms in total. The molecule has 1 N–H and O–H groups in total. The maximum atomic E-state index is 5.76. The second-order valence-corrected chi connectivity index (χ2v) is 5.21. The van der Waals surface area contributed by atoms with Crippen molar-refractivity contribution in [1.29, 1.82) is 0 Å². The number of hydrogen-bond donors (Lipinski definition) is 1. The number of nitrogens with one attached hydrogen (secondary N) is 1. The van der Waals surface area contributed by atoms with E-state index in [-0.39, 0.29) is 0 Å². The van der Waals surface area contributed by atoms with Crippen molar-refractivity contribution in [3.8, 4) is 5.75 Å². The number of benzene rings is 1. The summed E-state index contributed by atoms with van der Waals surface area (Å²) in [7, 11) is 0. The van der Waals surface area contributed by atoms with Crippen LogP contribution >= 0.6 is 15.9 Å². The third-order valence-corrected chi connectivity index (χ3v) is 3.23. The normalized spacial score (nSPS) is 10.6. The molecular formula is C15H18BrNO2. The largest absolute Gasteiger partial charge is 0.489 e. The van der Waals surface area contributed by atoms with Crippen LogP contribution in [0.15, 0.2) is 45.5 Å². The SMILES string of the molecule is CCCNCc1occc1COc1cccc(Br)c1. The van der Waals surface area contributed by atoms with Gasteiger partial charge < -0.3 is 14.5 Å². The zero-order valence-electron chi connectivity index (χ0n) is 11.0. The molecular weight excluding hydrogens is 306 g/mol. The highest BCUT2D eigenvalue weighted by molar-refractivity contribution is 9.10. The molecule has 2 rings (SSSR count). The van der Waals surface area contributed by atoms with E-state index >= 15 is 0 Å². The fourth-order valence-corrected chi connectivity index (χ4v) is 2.13. The molecule has 0 radical (unpaired) electrons. The van der Waals surface area contributed by atoms with E-state index < -0.39 is 0 Å². The molecule has 0 atom stereocenters. The zero-order chi connectivity index (χ0) is 13.5. The number of rotatable bonds is 7. The van der Waals surface area contributed by atoms with Gasteiger partial charge in [0, 0.05) is 10.0 Å². The standard InChI is InChI=1S/C15H18BrNO2/c1-2-7-17-10-15-12(6-8-18-15)11-19-14-5-3-4-13(16)9-14/h3-6,8-9,17H,2,7,10-11H2,1H3. The number of ether oxygens (including phenoxy) is 1. The van der Waals surface area contributed by atoms with Crippen molar-refractivity contribution in [3.63, 3.8) is 0 Å². The highest BCUT2D eigenvalue weighted by Gasteiger charge is 2.06. The van der Waals surface area contributed by atoms with E-state index in [2.05, 4.69) is 28.2 Å². The summed E-state index contributed by atoms with van der Waals surface area (Å²) in [6.07, 6.45) is 2.83. The lowest BCUT2D eigenvalue weighted by molar-refractivity contribution is 0.301. The molecule has 0 saturated heterocycles. The van der Waals surface area contributed by atoms with Gasteiger partial charge in [0.15, 0.2) is 0 Å². The lowest BCUT2D eigenvalue weighted by atomic mass is 10.2. The van der Waals surface area contributed by atoms with Gasteiger partial charge >= 0.3 is 0 Å². The smallest absolute Gasteiger partial charge is 0.124 e. The summed E-state index contributed by atoms with van der Waals surface area (Å²) in [5.74, 6) is 1.80. The van der Waals surface area contributed by atoms with Gasteiger partial charge in [-0.05, 0) is 37.2 Å². The first-order chi connectivity index (χ1) is 9.29. The first-order valence-electron chi connectivity index (χ1n) is 6.44. The average molecular weight is 324 g/mol. The Hall–Kier alpha value is -1.26. The Bertz CT molecular complexity index is 510. The molecule has 0 aliphatic carbocycles. The van der Waals surface area contributed by atoms with Crippen molar-refractivity contribution in [2.75, 3.05) is 6.54 Å². The van der Waals surface area contributed by atoms with Gasteiger partial charge in [0.2, 0.25) is 0 Å². The summed E-state index contributed by atoms with van der Waals surface area (Å²) in [5, 5.41) is 3.33. The van der Waals surface area contributed by atoms with Crippen LogP contribution in [0, 0.1) is 0 Å². The number of halogens is 1. The third-order valence-electron chi connectivity index (χ3n) is 2.74. The molecule has 1 heterocycles. The van der Waals surface area contributed by atoms with Crippen LogP contribution in [0.5, 0.6) is 5.75 Å². The molecule has 0 bridgehead atoms. The molecule has 4 heteroatoms. The summed E-state index contributed by atoms with van der Waals surface area (Å²) in [6, 6.07) is 9.79. The van der Waals surface area contributed by atoms with Gasteiger partial charge in [-0.25, -0.2) is 0 Å². The fourth-order valence-electron chi connectivity index (χ4n) is 1.75. The number of hydrogen-bond acceptors (Lipinski definition) is 3. The van der Waals surface area contributed by atoms with Crippen molar-refractivity contribution in [2.45, 2.75) is 26.5 Å². The van der Waals surface area contributed by atoms with E-state index in [0.717, 1.165) is 41.1 Å². The van der Waals surface area contributed by atoms with Gasteiger partial charge in [-0.1, -0.05) is 28.9 Å². The summed E-state index contributed by atoms with van der Waals surface area (Å²) >= 11 is 3.43. The highest BCUT2D eigenvalue weighted by Crippen LogP contribution is 2.20. The van der Waals surface area contributed by atoms with Crippen molar-refractivity contribution in [3.05, 3.63) is 52.4 Å². The molecule has 0 spiro atoms. The molecule has 0 aliphatic heterocycles. The molecule has 0 aliphatic rings. The lowest BCUT2D eigenvalue weighted by Gasteiger charge is -2.07. The van der Waals surface area contributed by atoms with Crippen LogP contribution in [0.2, 0.25) is 0 Å². The molecule has 0 amide bonds. The molecule has 0 unspecified atom stereocenters. The van der Waals surface area contributed by atoms with E-state index in [1.807, 2.05) is 30.3 Å². The van der Waals surface area contributed by atoms with Gasteiger partial charge in [-0.15, -0.1) is 0 Å². The van der Waals surface area contributed by atoms with Crippen LogP contribution in [0.25, 0.3) is 0 Å². The topological polar surface area (TPSA) is 34.4 Å². The van der Waals surface area contributed by atoms with Crippen LogP contribution in [-0.2, 0) is 13.2 Å². The van der Waals surface area contributed by atoms with Gasteiger partial charge in [0.1, 0.15) is 18.1 Å². The van der Waals surface area contributed by atoms with Gasteiger partial charge in [-0.3, -0.25) is 0 Å². The van der Waals surface area contributed by atoms with Crippen LogP contribution in [0.1, 0.15) is 24.7 Å². The van der Waals surface area contributed by atoms with E-state index in [0.29, 0.717) is 6.61 Å². The van der Waals surface area contributed by atoms with E-state index in [4.69, 9.17) is 9.15 Å². The highest BCUT2D eigenvalue weighted by atomic mass is 79.9. The second kappa shape index (κ2) is 7.36. The summed E-state index contributed by atoms with van der Waals surface area (Å²) in [4.78, 5) is 0. The van der Waals surface area contributed by atoms with Gasteiger partial charge in [0.25, 0.3) is 0 Å². The van der Waals surface area contributed by atoms with E-state index in [1.165, 1.54) is 0 Å². The molecule has 19 heavy (non-hydrogen) atoms. The predicted octanol–water partition coefficient (Wildman–Crippen LogP) is 4.12. The van der Waals surface area contributed by atoms with Crippen LogP contribution in [0.4, 0.5) is 0 Å². The fraction of sp³-hybridized carbons (Fsp3) is 0.333. The minimum atomic E-state index is 0.524. The summed E-state index contributed by atoms with van der Waals surface area (Å²) in [5.41, 5.74) is 1.09. The summed E-state index contributed by atoms with van der Waals surface area (Å²) < 4.78 is 12.2. The monoisotopic (exact) mass is 323 g/mol. The van der Waals surface area contributed by atoms with Crippen LogP contribution in [-0.4, -0.2) is 6.54 Å². The van der Waals surface area contributed by atoms with Crippen molar-refractivity contribution >= 4 is 15.9 Å². The third kappa shape index (κ3) is 4.40. The molecule has 0 fully saturated rings. The van der Waals surface area contributed by atoms with Crippen molar-refractivity contribution in [2.24, 2.45) is 0 Å². The lowest BCUT2D eigenvalue weighted by Crippen LogP contribution is -2.14. The minimum Gasteiger partial charge on any atom is -0.489 e. The maximum absolute atomic E-state index is 5.76. The number of furan rings is 1. The molecule has 1 aromatic carbocycles. The van der Waals surface area contributed by atoms with Gasteiger partial charge in [0.05, 0.1) is 12.8 Å². The average Bonchev–Trinajstić information content (AvgIpc) is 2.84. The Balaban J connectivity index is 1.90. The first-order valence-corrected chi connectivity index (χ1v) is 7.23. The minimum absolute atomic E-state index is 0.524. The quantitative estimate of drug-likeness (QED) is 0.778. The van der Waals surface area contributed by atoms with Crippen LogP contribution in [0.3, 0.4) is 0 Å². The Morgan fingerprint density at radius 2 is 2.21 bits per heavy atom. The molecule has 0 saturated carbocycles. The Kier molecular flexibility index (Phi) is 5.48. The first kappa shape index (κ1) is 14.2. The predicted molar refractivity (Wildman–Crippen MR) is 79.2 cm³/mol. The second-order valence-electron chi connectivity index (χ2n) is 4.29. The van der Waals surface area contributed by atoms with Crippen molar-refractivity contribution < 1.29 is 9.15 Å². The maximum Gasteiger partial charge on any atom is 0.124 e.